The van der Waals surface area contributed by atoms with Crippen LogP contribution in [0.2, 0.25) is 0 Å². The Kier molecular flexibility index (Phi) is 6.39. The van der Waals surface area contributed by atoms with E-state index in [0.29, 0.717) is 25.3 Å². The fourth-order valence-electron chi connectivity index (χ4n) is 1.96. The normalized spacial score (nSPS) is 10.2. The van der Waals surface area contributed by atoms with Crippen LogP contribution in [0, 0.1) is 5.82 Å². The van der Waals surface area contributed by atoms with E-state index in [1.54, 1.807) is 19.2 Å². The Bertz CT molecular complexity index is 722. The summed E-state index contributed by atoms with van der Waals surface area (Å²) in [6.07, 6.45) is 0.683. The van der Waals surface area contributed by atoms with E-state index in [1.165, 1.54) is 30.3 Å². The van der Waals surface area contributed by atoms with Crippen LogP contribution in [0.3, 0.4) is 0 Å². The van der Waals surface area contributed by atoms with Crippen molar-refractivity contribution in [1.82, 2.24) is 10.3 Å². The van der Waals surface area contributed by atoms with E-state index in [-0.39, 0.29) is 17.3 Å². The lowest BCUT2D eigenvalue weighted by Crippen LogP contribution is -2.27. The van der Waals surface area contributed by atoms with Crippen molar-refractivity contribution in [3.63, 3.8) is 0 Å². The summed E-state index contributed by atoms with van der Waals surface area (Å²) in [5.41, 5.74) is 0.527. The lowest BCUT2D eigenvalue weighted by atomic mass is 10.2. The number of carbonyl (C=O) groups is 2. The monoisotopic (exact) mass is 331 g/mol. The van der Waals surface area contributed by atoms with E-state index in [1.807, 2.05) is 0 Å². The number of pyridine rings is 1. The van der Waals surface area contributed by atoms with Gasteiger partial charge in [-0.25, -0.2) is 9.37 Å². The number of halogens is 1. The molecule has 0 spiro atoms. The molecule has 7 heteroatoms. The second-order valence-electron chi connectivity index (χ2n) is 4.97. The number of anilines is 1. The fraction of sp³-hybridized carbons (Fsp3) is 0.235. The van der Waals surface area contributed by atoms with Gasteiger partial charge in [0.25, 0.3) is 11.8 Å². The van der Waals surface area contributed by atoms with Crippen molar-refractivity contribution >= 4 is 17.5 Å². The maximum absolute atomic E-state index is 13.1. The number of rotatable bonds is 7. The van der Waals surface area contributed by atoms with Crippen LogP contribution < -0.4 is 10.6 Å². The van der Waals surface area contributed by atoms with Crippen molar-refractivity contribution in [1.29, 1.82) is 0 Å². The van der Waals surface area contributed by atoms with Crippen LogP contribution in [0.1, 0.15) is 27.4 Å². The summed E-state index contributed by atoms with van der Waals surface area (Å²) < 4.78 is 18.0. The first kappa shape index (κ1) is 17.6. The first-order chi connectivity index (χ1) is 11.6. The minimum Gasteiger partial charge on any atom is -0.385 e. The van der Waals surface area contributed by atoms with Gasteiger partial charge in [-0.1, -0.05) is 12.1 Å². The summed E-state index contributed by atoms with van der Waals surface area (Å²) >= 11 is 0. The molecule has 0 fully saturated rings. The number of hydrogen-bond acceptors (Lipinski definition) is 4. The standard InChI is InChI=1S/C17H18FN3O3/c1-24-10-4-9-19-16(22)14-7-3-8-15(21-14)17(23)20-13-6-2-5-12(18)11-13/h2-3,5-8,11H,4,9-10H2,1H3,(H,19,22)(H,20,23). The first-order valence-corrected chi connectivity index (χ1v) is 7.41. The zero-order valence-corrected chi connectivity index (χ0v) is 13.2. The first-order valence-electron chi connectivity index (χ1n) is 7.41. The van der Waals surface area contributed by atoms with Crippen LogP contribution in [0.5, 0.6) is 0 Å². The van der Waals surface area contributed by atoms with Crippen molar-refractivity contribution in [2.75, 3.05) is 25.6 Å². The van der Waals surface area contributed by atoms with Gasteiger partial charge in [0.05, 0.1) is 0 Å². The second-order valence-corrected chi connectivity index (χ2v) is 4.97. The predicted molar refractivity (Wildman–Crippen MR) is 87.4 cm³/mol. The molecule has 2 N–H and O–H groups in total. The van der Waals surface area contributed by atoms with E-state index in [2.05, 4.69) is 15.6 Å². The minimum absolute atomic E-state index is 0.0730. The molecule has 2 rings (SSSR count). The number of ether oxygens (including phenoxy) is 1. The summed E-state index contributed by atoms with van der Waals surface area (Å²) in [5.74, 6) is -1.34. The highest BCUT2D eigenvalue weighted by Crippen LogP contribution is 2.11. The Hall–Kier alpha value is -2.80. The van der Waals surface area contributed by atoms with Gasteiger partial charge in [-0.15, -0.1) is 0 Å². The summed E-state index contributed by atoms with van der Waals surface area (Å²) in [5, 5.41) is 5.23. The molecule has 6 nitrogen and oxygen atoms in total. The molecular weight excluding hydrogens is 313 g/mol. The number of benzene rings is 1. The van der Waals surface area contributed by atoms with Gasteiger partial charge in [-0.3, -0.25) is 9.59 Å². The molecule has 0 aliphatic carbocycles. The zero-order chi connectivity index (χ0) is 17.4. The average Bonchev–Trinajstić information content (AvgIpc) is 2.58. The highest BCUT2D eigenvalue weighted by atomic mass is 19.1. The molecule has 0 saturated heterocycles. The third-order valence-electron chi connectivity index (χ3n) is 3.11. The van der Waals surface area contributed by atoms with E-state index >= 15 is 0 Å². The Morgan fingerprint density at radius 1 is 1.12 bits per heavy atom. The lowest BCUT2D eigenvalue weighted by molar-refractivity contribution is 0.0943. The molecular formula is C17H18FN3O3. The van der Waals surface area contributed by atoms with Crippen LogP contribution in [0.15, 0.2) is 42.5 Å². The van der Waals surface area contributed by atoms with Gasteiger partial charge < -0.3 is 15.4 Å². The van der Waals surface area contributed by atoms with Crippen LogP contribution in [0.25, 0.3) is 0 Å². The number of nitrogens with one attached hydrogen (secondary N) is 2. The van der Waals surface area contributed by atoms with Crippen LogP contribution in [0.4, 0.5) is 10.1 Å². The predicted octanol–water partition coefficient (Wildman–Crippen LogP) is 2.24. The summed E-state index contributed by atoms with van der Waals surface area (Å²) in [6.45, 7) is 0.998. The minimum atomic E-state index is -0.519. The Labute approximate surface area is 139 Å². The number of carbonyl (C=O) groups excluding carboxylic acids is 2. The quantitative estimate of drug-likeness (QED) is 0.763. The van der Waals surface area contributed by atoms with Crippen LogP contribution in [-0.2, 0) is 4.74 Å². The lowest BCUT2D eigenvalue weighted by Gasteiger charge is -2.07. The highest BCUT2D eigenvalue weighted by molar-refractivity contribution is 6.03. The maximum atomic E-state index is 13.1. The molecule has 0 bridgehead atoms. The number of methoxy groups -OCH3 is 1. The molecule has 1 heterocycles. The van der Waals surface area contributed by atoms with E-state index in [4.69, 9.17) is 4.74 Å². The van der Waals surface area contributed by atoms with Gasteiger partial charge in [0.2, 0.25) is 0 Å². The topological polar surface area (TPSA) is 80.3 Å². The Balaban J connectivity index is 2.01. The SMILES string of the molecule is COCCCNC(=O)c1cccc(C(=O)Nc2cccc(F)c2)n1. The molecule has 0 unspecified atom stereocenters. The molecule has 0 aliphatic rings. The van der Waals surface area contributed by atoms with E-state index < -0.39 is 11.7 Å². The molecule has 1 aromatic heterocycles. The zero-order valence-electron chi connectivity index (χ0n) is 13.2. The number of aromatic nitrogens is 1. The highest BCUT2D eigenvalue weighted by Gasteiger charge is 2.12. The van der Waals surface area contributed by atoms with Crippen molar-refractivity contribution in [3.05, 3.63) is 59.7 Å². The summed E-state index contributed by atoms with van der Waals surface area (Å²) in [6, 6.07) is 10.1. The average molecular weight is 331 g/mol. The Morgan fingerprint density at radius 3 is 2.54 bits per heavy atom. The largest absolute Gasteiger partial charge is 0.385 e. The summed E-state index contributed by atoms with van der Waals surface area (Å²) in [7, 11) is 1.59. The third kappa shape index (κ3) is 5.13. The number of amides is 2. The molecule has 2 aromatic rings. The van der Waals surface area contributed by atoms with Gasteiger partial charge >= 0.3 is 0 Å². The van der Waals surface area contributed by atoms with Gasteiger partial charge in [0, 0.05) is 25.9 Å². The van der Waals surface area contributed by atoms with Gasteiger partial charge in [0.1, 0.15) is 17.2 Å². The molecule has 0 aliphatic heterocycles. The molecule has 0 atom stereocenters. The van der Waals surface area contributed by atoms with Crippen molar-refractivity contribution in [2.24, 2.45) is 0 Å². The Morgan fingerprint density at radius 2 is 1.83 bits per heavy atom. The number of nitrogens with zero attached hydrogens (tertiary/aromatic N) is 1. The summed E-state index contributed by atoms with van der Waals surface area (Å²) in [4.78, 5) is 28.2. The molecule has 0 saturated carbocycles. The molecule has 24 heavy (non-hydrogen) atoms. The van der Waals surface area contributed by atoms with E-state index in [0.717, 1.165) is 0 Å². The second kappa shape index (κ2) is 8.73. The van der Waals surface area contributed by atoms with Crippen LogP contribution >= 0.6 is 0 Å². The number of hydrogen-bond donors (Lipinski definition) is 2. The molecule has 0 radical (unpaired) electrons. The maximum Gasteiger partial charge on any atom is 0.274 e. The van der Waals surface area contributed by atoms with Gasteiger partial charge in [0.15, 0.2) is 0 Å². The third-order valence-corrected chi connectivity index (χ3v) is 3.11. The molecule has 1 aromatic carbocycles. The molecule has 126 valence electrons. The van der Waals surface area contributed by atoms with Crippen molar-refractivity contribution in [3.8, 4) is 0 Å². The smallest absolute Gasteiger partial charge is 0.274 e. The fourth-order valence-corrected chi connectivity index (χ4v) is 1.96. The van der Waals surface area contributed by atoms with Gasteiger partial charge in [-0.05, 0) is 36.8 Å². The van der Waals surface area contributed by atoms with Crippen LogP contribution in [-0.4, -0.2) is 37.1 Å². The van der Waals surface area contributed by atoms with Crippen molar-refractivity contribution in [2.45, 2.75) is 6.42 Å². The van der Waals surface area contributed by atoms with E-state index in [9.17, 15) is 14.0 Å². The molecule has 2 amide bonds. The van der Waals surface area contributed by atoms with Crippen molar-refractivity contribution < 1.29 is 18.7 Å². The van der Waals surface area contributed by atoms with Gasteiger partial charge in [-0.2, -0.15) is 0 Å².